The minimum Gasteiger partial charge on any atom is -0.354 e. The Kier molecular flexibility index (Phi) is 3.25. The molecule has 2 heterocycles. The van der Waals surface area contributed by atoms with Gasteiger partial charge in [-0.2, -0.15) is 0 Å². The molecule has 1 aliphatic carbocycles. The molecule has 0 atom stereocenters. The number of benzene rings is 2. The van der Waals surface area contributed by atoms with E-state index in [1.807, 2.05) is 30.3 Å². The number of hydrogen-bond acceptors (Lipinski definition) is 2. The van der Waals surface area contributed by atoms with E-state index in [2.05, 4.69) is 39.6 Å². The van der Waals surface area contributed by atoms with Crippen molar-refractivity contribution in [3.05, 3.63) is 70.5 Å². The van der Waals surface area contributed by atoms with Crippen molar-refractivity contribution in [2.24, 2.45) is 0 Å². The number of fused-ring (bicyclic) bond motifs is 2. The van der Waals surface area contributed by atoms with Crippen LogP contribution in [0.2, 0.25) is 0 Å². The van der Waals surface area contributed by atoms with Crippen LogP contribution >= 0.6 is 0 Å². The lowest BCUT2D eigenvalue weighted by Gasteiger charge is -2.02. The predicted octanol–water partition coefficient (Wildman–Crippen LogP) is 3.93. The second-order valence-electron chi connectivity index (χ2n) is 6.86. The Morgan fingerprint density at radius 3 is 2.64 bits per heavy atom. The zero-order valence-electron chi connectivity index (χ0n) is 13.8. The number of H-pyrrole nitrogens is 2. The summed E-state index contributed by atoms with van der Waals surface area (Å²) in [7, 11) is 0. The molecule has 2 aromatic carbocycles. The van der Waals surface area contributed by atoms with E-state index in [0.29, 0.717) is 11.6 Å². The molecule has 0 amide bonds. The zero-order valence-corrected chi connectivity index (χ0v) is 13.8. The first kappa shape index (κ1) is 14.5. The smallest absolute Gasteiger partial charge is 0.257 e. The maximum absolute atomic E-state index is 12.5. The van der Waals surface area contributed by atoms with E-state index >= 15 is 0 Å². The van der Waals surface area contributed by atoms with Gasteiger partial charge < -0.3 is 15.3 Å². The predicted molar refractivity (Wildman–Crippen MR) is 102 cm³/mol. The van der Waals surface area contributed by atoms with Crippen LogP contribution in [0.4, 0.5) is 0 Å². The Balaban J connectivity index is 1.55. The second-order valence-corrected chi connectivity index (χ2v) is 6.86. The van der Waals surface area contributed by atoms with E-state index < -0.39 is 0 Å². The normalized spacial score (nSPS) is 14.4. The van der Waals surface area contributed by atoms with Crippen molar-refractivity contribution in [2.45, 2.75) is 25.4 Å². The molecular weight excluding hydrogens is 310 g/mol. The van der Waals surface area contributed by atoms with Crippen molar-refractivity contribution in [3.63, 3.8) is 0 Å². The van der Waals surface area contributed by atoms with Gasteiger partial charge in [-0.05, 0) is 54.1 Å². The third kappa shape index (κ3) is 2.75. The molecule has 1 aliphatic rings. The average Bonchev–Trinajstić information content (AvgIpc) is 3.36. The van der Waals surface area contributed by atoms with Crippen molar-refractivity contribution in [2.75, 3.05) is 0 Å². The van der Waals surface area contributed by atoms with Gasteiger partial charge >= 0.3 is 0 Å². The van der Waals surface area contributed by atoms with Gasteiger partial charge in [-0.1, -0.05) is 24.3 Å². The number of rotatable bonds is 4. The van der Waals surface area contributed by atoms with E-state index in [9.17, 15) is 4.79 Å². The van der Waals surface area contributed by atoms with Crippen LogP contribution in [0.25, 0.3) is 33.1 Å². The molecular formula is C21H19N3O. The van der Waals surface area contributed by atoms with Crippen molar-refractivity contribution in [1.82, 2.24) is 15.3 Å². The van der Waals surface area contributed by atoms with Gasteiger partial charge in [0.1, 0.15) is 0 Å². The lowest BCUT2D eigenvalue weighted by molar-refractivity contribution is 0.688. The van der Waals surface area contributed by atoms with E-state index in [1.54, 1.807) is 0 Å². The summed E-state index contributed by atoms with van der Waals surface area (Å²) in [6.07, 6.45) is 2.59. The average molecular weight is 329 g/mol. The van der Waals surface area contributed by atoms with Crippen molar-refractivity contribution >= 4 is 21.8 Å². The fourth-order valence-corrected chi connectivity index (χ4v) is 3.33. The number of aromatic amines is 2. The molecule has 4 aromatic rings. The van der Waals surface area contributed by atoms with Crippen LogP contribution < -0.4 is 10.9 Å². The molecule has 0 saturated heterocycles. The van der Waals surface area contributed by atoms with Crippen LogP contribution in [0.15, 0.2) is 59.4 Å². The van der Waals surface area contributed by atoms with Crippen molar-refractivity contribution in [3.8, 4) is 11.3 Å². The molecule has 0 unspecified atom stereocenters. The molecule has 1 saturated carbocycles. The first-order chi connectivity index (χ1) is 12.3. The quantitative estimate of drug-likeness (QED) is 0.531. The van der Waals surface area contributed by atoms with E-state index in [-0.39, 0.29) is 5.56 Å². The topological polar surface area (TPSA) is 60.7 Å². The lowest BCUT2D eigenvalue weighted by atomic mass is 10.1. The van der Waals surface area contributed by atoms with Gasteiger partial charge in [-0.3, -0.25) is 4.79 Å². The van der Waals surface area contributed by atoms with Crippen molar-refractivity contribution in [1.29, 1.82) is 0 Å². The van der Waals surface area contributed by atoms with Gasteiger partial charge in [-0.15, -0.1) is 0 Å². The zero-order chi connectivity index (χ0) is 16.8. The monoisotopic (exact) mass is 329 g/mol. The summed E-state index contributed by atoms with van der Waals surface area (Å²) < 4.78 is 0. The lowest BCUT2D eigenvalue weighted by Crippen LogP contribution is -2.14. The van der Waals surface area contributed by atoms with Gasteiger partial charge in [0.05, 0.1) is 11.3 Å². The van der Waals surface area contributed by atoms with Crippen LogP contribution in [-0.4, -0.2) is 16.0 Å². The number of para-hydroxylation sites is 1. The van der Waals surface area contributed by atoms with Crippen LogP contribution in [-0.2, 0) is 6.54 Å². The largest absolute Gasteiger partial charge is 0.354 e. The maximum atomic E-state index is 12.5. The Hall–Kier alpha value is -2.85. The molecule has 0 spiro atoms. The number of aromatic nitrogens is 2. The third-order valence-electron chi connectivity index (χ3n) is 4.90. The summed E-state index contributed by atoms with van der Waals surface area (Å²) in [5, 5.41) is 5.71. The molecule has 1 fully saturated rings. The molecule has 3 N–H and O–H groups in total. The van der Waals surface area contributed by atoms with Gasteiger partial charge in [0.15, 0.2) is 0 Å². The van der Waals surface area contributed by atoms with Gasteiger partial charge in [-0.25, -0.2) is 0 Å². The fraction of sp³-hybridized carbons (Fsp3) is 0.190. The SMILES string of the molecule is O=c1[nH]c2ccccc2cc1-c1cc2cc(CNC3CC3)ccc2[nH]1. The molecule has 25 heavy (non-hydrogen) atoms. The highest BCUT2D eigenvalue weighted by Crippen LogP contribution is 2.25. The molecule has 124 valence electrons. The summed E-state index contributed by atoms with van der Waals surface area (Å²) in [6.45, 7) is 0.900. The summed E-state index contributed by atoms with van der Waals surface area (Å²) in [5.41, 5.74) is 4.65. The number of nitrogens with one attached hydrogen (secondary N) is 3. The third-order valence-corrected chi connectivity index (χ3v) is 4.90. The van der Waals surface area contributed by atoms with Crippen LogP contribution in [0.1, 0.15) is 18.4 Å². The first-order valence-electron chi connectivity index (χ1n) is 8.74. The molecule has 4 heteroatoms. The van der Waals surface area contributed by atoms with E-state index in [4.69, 9.17) is 0 Å². The van der Waals surface area contributed by atoms with Gasteiger partial charge in [0, 0.05) is 29.0 Å². The minimum absolute atomic E-state index is 0.0686. The highest BCUT2D eigenvalue weighted by molar-refractivity contribution is 5.89. The summed E-state index contributed by atoms with van der Waals surface area (Å²) >= 11 is 0. The highest BCUT2D eigenvalue weighted by Gasteiger charge is 2.20. The molecule has 0 aliphatic heterocycles. The highest BCUT2D eigenvalue weighted by atomic mass is 16.1. The molecule has 5 rings (SSSR count). The number of hydrogen-bond donors (Lipinski definition) is 3. The molecule has 2 aromatic heterocycles. The minimum atomic E-state index is -0.0686. The Labute approximate surface area is 144 Å². The van der Waals surface area contributed by atoms with Crippen LogP contribution in [0.3, 0.4) is 0 Å². The Morgan fingerprint density at radius 1 is 0.920 bits per heavy atom. The van der Waals surface area contributed by atoms with E-state index in [0.717, 1.165) is 34.0 Å². The van der Waals surface area contributed by atoms with Crippen LogP contribution in [0.5, 0.6) is 0 Å². The summed E-state index contributed by atoms with van der Waals surface area (Å²) in [5.74, 6) is 0. The maximum Gasteiger partial charge on any atom is 0.257 e. The molecule has 4 nitrogen and oxygen atoms in total. The fourth-order valence-electron chi connectivity index (χ4n) is 3.33. The molecule has 0 bridgehead atoms. The summed E-state index contributed by atoms with van der Waals surface area (Å²) in [4.78, 5) is 18.8. The summed E-state index contributed by atoms with van der Waals surface area (Å²) in [6, 6.07) is 19.0. The Bertz CT molecular complexity index is 1130. The van der Waals surface area contributed by atoms with Crippen molar-refractivity contribution < 1.29 is 0 Å². The number of pyridine rings is 1. The van der Waals surface area contributed by atoms with Crippen LogP contribution in [0, 0.1) is 0 Å². The van der Waals surface area contributed by atoms with Gasteiger partial charge in [0.25, 0.3) is 5.56 Å². The van der Waals surface area contributed by atoms with Gasteiger partial charge in [0.2, 0.25) is 0 Å². The standard InChI is InChI=1S/C21H19N3O/c25-21-17(10-14-3-1-2-4-18(14)24-21)20-11-15-9-13(5-8-19(15)23-20)12-22-16-6-7-16/h1-5,8-11,16,22-23H,6-7,12H2,(H,24,25). The first-order valence-corrected chi connectivity index (χ1v) is 8.74. The Morgan fingerprint density at radius 2 is 1.76 bits per heavy atom. The van der Waals surface area contributed by atoms with E-state index in [1.165, 1.54) is 18.4 Å². The molecule has 0 radical (unpaired) electrons. The second kappa shape index (κ2) is 5.60.